The summed E-state index contributed by atoms with van der Waals surface area (Å²) in [5.74, 6) is -2.21. The van der Waals surface area contributed by atoms with Gasteiger partial charge in [0.1, 0.15) is 41.0 Å². The second-order valence-corrected chi connectivity index (χ2v) is 12.9. The summed E-state index contributed by atoms with van der Waals surface area (Å²) in [6.45, 7) is 0.469. The van der Waals surface area contributed by atoms with E-state index < -0.39 is 29.2 Å². The van der Waals surface area contributed by atoms with Crippen LogP contribution in [0.5, 0.6) is 0 Å². The summed E-state index contributed by atoms with van der Waals surface area (Å²) in [5.41, 5.74) is 6.67. The summed E-state index contributed by atoms with van der Waals surface area (Å²) >= 11 is 3.55. The van der Waals surface area contributed by atoms with Gasteiger partial charge in [-0.1, -0.05) is 22.0 Å². The second kappa shape index (κ2) is 12.9. The number of nitrogens with two attached hydrogens (primary N) is 1. The first-order valence-electron chi connectivity index (χ1n) is 13.7. The molecule has 0 unspecified atom stereocenters. The number of amides is 2. The highest BCUT2D eigenvalue weighted by molar-refractivity contribution is 8.02. The minimum Gasteiger partial charge on any atom is -0.477 e. The molecule has 2 fully saturated rings. The molecule has 2 amide bonds. The van der Waals surface area contributed by atoms with Gasteiger partial charge in [0.15, 0.2) is 11.3 Å². The number of hydrogen-bond acceptors (Lipinski definition) is 13. The number of oxime groups is 1. The van der Waals surface area contributed by atoms with Crippen molar-refractivity contribution in [3.8, 4) is 0 Å². The maximum atomic E-state index is 13.3. The van der Waals surface area contributed by atoms with Gasteiger partial charge in [-0.05, 0) is 48.8 Å². The lowest BCUT2D eigenvalue weighted by atomic mass is 10.0. The van der Waals surface area contributed by atoms with E-state index in [1.807, 2.05) is 22.9 Å². The van der Waals surface area contributed by atoms with Crippen LogP contribution in [-0.2, 0) is 25.8 Å². The summed E-state index contributed by atoms with van der Waals surface area (Å²) in [5, 5.41) is 32.4. The molecule has 1 saturated heterocycles. The number of thioether (sulfide) groups is 2. The van der Waals surface area contributed by atoms with E-state index in [9.17, 15) is 24.6 Å². The highest BCUT2D eigenvalue weighted by Crippen LogP contribution is 2.41. The van der Waals surface area contributed by atoms with E-state index in [2.05, 4.69) is 24.9 Å². The van der Waals surface area contributed by atoms with Crippen molar-refractivity contribution in [2.24, 2.45) is 5.16 Å². The largest absolute Gasteiger partial charge is 0.477 e. The van der Waals surface area contributed by atoms with Crippen LogP contribution >= 0.6 is 35.1 Å². The first kappa shape index (κ1) is 30.0. The molecule has 0 spiro atoms. The Kier molecular flexibility index (Phi) is 8.83. The van der Waals surface area contributed by atoms with E-state index >= 15 is 0 Å². The van der Waals surface area contributed by atoms with Crippen molar-refractivity contribution in [1.29, 1.82) is 0 Å². The number of carbonyl (C=O) groups is 3. The summed E-state index contributed by atoms with van der Waals surface area (Å²) < 4.78 is 7.64. The molecule has 230 valence electrons. The van der Waals surface area contributed by atoms with Gasteiger partial charge >= 0.3 is 11.6 Å². The van der Waals surface area contributed by atoms with E-state index in [1.165, 1.54) is 28.4 Å². The number of β-lactam (4-membered cyclic amide) rings is 1. The topological polar surface area (TPSA) is 202 Å². The molecule has 5 N–H and O–H groups in total. The van der Waals surface area contributed by atoms with Crippen molar-refractivity contribution < 1.29 is 34.0 Å². The number of fused-ring (bicyclic) bond motifs is 2. The van der Waals surface area contributed by atoms with Crippen molar-refractivity contribution in [3.63, 3.8) is 0 Å². The molecule has 3 aromatic heterocycles. The Bertz CT molecular complexity index is 1700. The quantitative estimate of drug-likeness (QED) is 0.0742. The minimum absolute atomic E-state index is 0.00580. The summed E-state index contributed by atoms with van der Waals surface area (Å²) in [4.78, 5) is 49.6. The zero-order valence-corrected chi connectivity index (χ0v) is 25.6. The van der Waals surface area contributed by atoms with Gasteiger partial charge < -0.3 is 26.1 Å². The summed E-state index contributed by atoms with van der Waals surface area (Å²) in [6, 6.07) is 2.74. The third kappa shape index (κ3) is 6.01. The van der Waals surface area contributed by atoms with Crippen molar-refractivity contribution >= 4 is 69.3 Å². The van der Waals surface area contributed by atoms with Crippen LogP contribution in [-0.4, -0.2) is 87.5 Å². The zero-order valence-electron chi connectivity index (χ0n) is 23.1. The van der Waals surface area contributed by atoms with Crippen LogP contribution < -0.4 is 15.6 Å². The number of aliphatic carboxylic acids is 1. The smallest absolute Gasteiger partial charge is 0.352 e. The fourth-order valence-electron chi connectivity index (χ4n) is 5.13. The van der Waals surface area contributed by atoms with E-state index in [4.69, 9.17) is 10.6 Å². The average molecular weight is 659 g/mol. The maximum Gasteiger partial charge on any atom is 0.352 e. The van der Waals surface area contributed by atoms with E-state index in [1.54, 1.807) is 22.2 Å². The number of carboxylic acids is 1. The number of hydrogen-bond donors (Lipinski definition) is 4. The van der Waals surface area contributed by atoms with Gasteiger partial charge in [-0.3, -0.25) is 14.5 Å². The molecule has 15 nitrogen and oxygen atoms in total. The predicted octanol–water partition coefficient (Wildman–Crippen LogP) is 0.756. The molecule has 2 atom stereocenters. The standard InChI is InChI=1S/C26H27N9O6S3/c27-26-29-21(32-44-26)18(31-41-15-3-1-2-4-15)22(37)28-19-23(38)35-20(25(39)40)14(13-43-24(19)35)7-12-42-16-5-6-17-33(10-11-36)8-9-34(17)30-16/h5-9,12,15,19,24,36H,1-4,10-11,13H2,(H3-,27,28,29,32,37,39,40)/p+1/b12-7+,31-18-/t19-,24-/m1/s1. The van der Waals surface area contributed by atoms with E-state index in [0.717, 1.165) is 42.9 Å². The number of aromatic nitrogens is 5. The van der Waals surface area contributed by atoms with E-state index in [0.29, 0.717) is 22.9 Å². The SMILES string of the molecule is Nc1nc(/C(=N/OC2CCCC2)C(=O)N[C@@H]2C(=O)N3C(C(=O)O)=C(/C=C/Sc4ccc5n(cc[n+]5CCO)n4)CS[C@H]23)ns1. The number of aliphatic hydroxyl groups is 1. The van der Waals surface area contributed by atoms with Gasteiger partial charge in [0, 0.05) is 23.4 Å². The number of allylic oxidation sites excluding steroid dienone is 1. The van der Waals surface area contributed by atoms with Crippen LogP contribution in [0.4, 0.5) is 5.13 Å². The van der Waals surface area contributed by atoms with Gasteiger partial charge in [-0.25, -0.2) is 9.36 Å². The maximum absolute atomic E-state index is 13.3. The van der Waals surface area contributed by atoms with Crippen molar-refractivity contribution in [2.45, 2.75) is 54.8 Å². The molecular weight excluding hydrogens is 631 g/mol. The molecule has 0 aromatic carbocycles. The molecule has 3 aliphatic rings. The highest BCUT2D eigenvalue weighted by Gasteiger charge is 2.54. The number of nitrogens with zero attached hydrogens (tertiary/aromatic N) is 7. The number of aliphatic hydroxyl groups excluding tert-OH is 1. The normalized spacial score (nSPS) is 20.8. The second-order valence-electron chi connectivity index (χ2n) is 10.1. The number of rotatable bonds is 11. The van der Waals surface area contributed by atoms with Crippen molar-refractivity contribution in [1.82, 2.24) is 29.2 Å². The van der Waals surface area contributed by atoms with Crippen LogP contribution in [0.1, 0.15) is 31.5 Å². The highest BCUT2D eigenvalue weighted by atomic mass is 32.2. The van der Waals surface area contributed by atoms with Gasteiger partial charge in [0.05, 0.1) is 6.61 Å². The number of nitrogen functional groups attached to an aromatic ring is 1. The number of imidazole rings is 1. The lowest BCUT2D eigenvalue weighted by Gasteiger charge is -2.49. The molecule has 0 bridgehead atoms. The lowest BCUT2D eigenvalue weighted by Crippen LogP contribution is -2.71. The van der Waals surface area contributed by atoms with Gasteiger partial charge in [0.25, 0.3) is 11.8 Å². The predicted molar refractivity (Wildman–Crippen MR) is 161 cm³/mol. The molecule has 6 rings (SSSR count). The molecule has 3 aromatic rings. The Balaban J connectivity index is 1.15. The monoisotopic (exact) mass is 658 g/mol. The molecular formula is C26H28N9O6S3+. The summed E-state index contributed by atoms with van der Waals surface area (Å²) in [7, 11) is 0. The fraction of sp³-hybridized carbons (Fsp3) is 0.385. The van der Waals surface area contributed by atoms with Crippen molar-refractivity contribution in [3.05, 3.63) is 53.1 Å². The van der Waals surface area contributed by atoms with E-state index in [-0.39, 0.29) is 35.1 Å². The molecule has 1 aliphatic carbocycles. The molecule has 44 heavy (non-hydrogen) atoms. The fourth-order valence-corrected chi connectivity index (χ4v) is 7.54. The van der Waals surface area contributed by atoms with Crippen LogP contribution in [0, 0.1) is 0 Å². The van der Waals surface area contributed by atoms with Gasteiger partial charge in [-0.2, -0.15) is 9.36 Å². The number of carboxylic acid groups (broad SMARTS) is 1. The minimum atomic E-state index is -1.24. The van der Waals surface area contributed by atoms with Crippen LogP contribution in [0.3, 0.4) is 0 Å². The van der Waals surface area contributed by atoms with Gasteiger partial charge in [0.2, 0.25) is 11.5 Å². The molecule has 0 radical (unpaired) electrons. The Morgan fingerprint density at radius 1 is 1.32 bits per heavy atom. The van der Waals surface area contributed by atoms with Crippen LogP contribution in [0.2, 0.25) is 0 Å². The third-order valence-electron chi connectivity index (χ3n) is 7.25. The molecule has 5 heterocycles. The average Bonchev–Trinajstić information content (AvgIpc) is 3.78. The number of nitrogens with one attached hydrogen (secondary N) is 1. The third-order valence-corrected chi connectivity index (χ3v) is 9.82. The Hall–Kier alpha value is -4.00. The summed E-state index contributed by atoms with van der Waals surface area (Å²) in [6.07, 6.45) is 8.82. The molecule has 1 saturated carbocycles. The molecule has 18 heteroatoms. The van der Waals surface area contributed by atoms with Gasteiger partial charge in [-0.15, -0.1) is 16.3 Å². The Labute approximate surface area is 263 Å². The zero-order chi connectivity index (χ0) is 30.8. The Morgan fingerprint density at radius 3 is 2.86 bits per heavy atom. The van der Waals surface area contributed by atoms with Crippen LogP contribution in [0.25, 0.3) is 5.65 Å². The Morgan fingerprint density at radius 2 is 2.14 bits per heavy atom. The molecule has 2 aliphatic heterocycles. The lowest BCUT2D eigenvalue weighted by molar-refractivity contribution is -0.672. The van der Waals surface area contributed by atoms with Crippen molar-refractivity contribution in [2.75, 3.05) is 18.1 Å². The first-order valence-corrected chi connectivity index (χ1v) is 16.4. The number of carbonyl (C=O) groups excluding carboxylic acids is 2. The first-order chi connectivity index (χ1) is 21.3. The van der Waals surface area contributed by atoms with Crippen LogP contribution in [0.15, 0.2) is 57.5 Å². The number of anilines is 1.